The predicted molar refractivity (Wildman–Crippen MR) is 104 cm³/mol. The zero-order chi connectivity index (χ0) is 19.8. The van der Waals surface area contributed by atoms with Gasteiger partial charge in [-0.3, -0.25) is 20.0 Å². The summed E-state index contributed by atoms with van der Waals surface area (Å²) in [5.41, 5.74) is 3.41. The maximum absolute atomic E-state index is 12.8. The molecule has 2 N–H and O–H groups in total. The molecule has 2 aromatic carbocycles. The molecule has 0 atom stereocenters. The molecule has 28 heavy (non-hydrogen) atoms. The monoisotopic (exact) mass is 376 g/mol. The van der Waals surface area contributed by atoms with Gasteiger partial charge in [0, 0.05) is 17.5 Å². The molecule has 2 heterocycles. The van der Waals surface area contributed by atoms with E-state index in [1.54, 1.807) is 11.6 Å². The number of aromatic nitrogens is 4. The number of H-pyrrole nitrogens is 1. The van der Waals surface area contributed by atoms with Crippen molar-refractivity contribution in [1.29, 1.82) is 0 Å². The number of nitro groups is 1. The van der Waals surface area contributed by atoms with E-state index in [4.69, 9.17) is 0 Å². The van der Waals surface area contributed by atoms with Gasteiger partial charge in [0.05, 0.1) is 33.2 Å². The second kappa shape index (κ2) is 6.62. The van der Waals surface area contributed by atoms with Gasteiger partial charge in [0.25, 0.3) is 11.6 Å². The summed E-state index contributed by atoms with van der Waals surface area (Å²) in [5.74, 6) is -0.467. The lowest BCUT2D eigenvalue weighted by molar-refractivity contribution is -0.384. The predicted octanol–water partition coefficient (Wildman–Crippen LogP) is 3.53. The number of carbonyl (C=O) groups is 1. The fraction of sp³-hybridized carbons (Fsp3) is 0.105. The Bertz CT molecular complexity index is 1210. The van der Waals surface area contributed by atoms with Crippen LogP contribution in [0.15, 0.2) is 48.5 Å². The van der Waals surface area contributed by atoms with Crippen molar-refractivity contribution in [1.82, 2.24) is 20.0 Å². The van der Waals surface area contributed by atoms with Crippen LogP contribution in [-0.2, 0) is 0 Å². The third-order valence-electron chi connectivity index (χ3n) is 4.50. The summed E-state index contributed by atoms with van der Waals surface area (Å²) in [4.78, 5) is 23.3. The normalized spacial score (nSPS) is 10.9. The van der Waals surface area contributed by atoms with Crippen LogP contribution in [0.3, 0.4) is 0 Å². The van der Waals surface area contributed by atoms with Crippen LogP contribution in [0.4, 0.5) is 11.4 Å². The Kier molecular flexibility index (Phi) is 4.11. The number of amides is 1. The second-order valence-corrected chi connectivity index (χ2v) is 6.31. The van der Waals surface area contributed by atoms with Crippen LogP contribution in [0.25, 0.3) is 16.6 Å². The minimum absolute atomic E-state index is 0.0879. The van der Waals surface area contributed by atoms with Crippen molar-refractivity contribution in [2.24, 2.45) is 0 Å². The smallest absolute Gasteiger partial charge is 0.276 e. The van der Waals surface area contributed by atoms with Gasteiger partial charge in [-0.2, -0.15) is 10.2 Å². The molecule has 140 valence electrons. The molecule has 0 aliphatic heterocycles. The van der Waals surface area contributed by atoms with Gasteiger partial charge in [-0.1, -0.05) is 18.2 Å². The van der Waals surface area contributed by atoms with E-state index >= 15 is 0 Å². The standard InChI is InChI=1S/C19H16N6O3/c1-11-17(12(2)24(23-11)13-6-4-3-5-7-13)20-19(26)18-15-10-14(25(27)28)8-9-16(15)21-22-18/h3-10H,1-2H3,(H,20,26)(H,21,22). The summed E-state index contributed by atoms with van der Waals surface area (Å²) < 4.78 is 1.75. The van der Waals surface area contributed by atoms with Crippen molar-refractivity contribution in [2.75, 3.05) is 5.32 Å². The van der Waals surface area contributed by atoms with Crippen LogP contribution in [0.1, 0.15) is 21.9 Å². The third kappa shape index (κ3) is 2.88. The molecule has 2 aromatic heterocycles. The average molecular weight is 376 g/mol. The van der Waals surface area contributed by atoms with Crippen molar-refractivity contribution in [3.05, 3.63) is 75.7 Å². The first-order valence-corrected chi connectivity index (χ1v) is 8.51. The summed E-state index contributed by atoms with van der Waals surface area (Å²) in [5, 5.41) is 25.5. The summed E-state index contributed by atoms with van der Waals surface area (Å²) >= 11 is 0. The van der Waals surface area contributed by atoms with E-state index in [2.05, 4.69) is 20.6 Å². The first kappa shape index (κ1) is 17.4. The largest absolute Gasteiger partial charge is 0.317 e. The van der Waals surface area contributed by atoms with E-state index in [1.165, 1.54) is 18.2 Å². The summed E-state index contributed by atoms with van der Waals surface area (Å²) in [6.07, 6.45) is 0. The lowest BCUT2D eigenvalue weighted by Crippen LogP contribution is -2.14. The van der Waals surface area contributed by atoms with Crippen molar-refractivity contribution in [2.45, 2.75) is 13.8 Å². The summed E-state index contributed by atoms with van der Waals surface area (Å²) in [6.45, 7) is 3.66. The van der Waals surface area contributed by atoms with Gasteiger partial charge in [0.1, 0.15) is 0 Å². The fourth-order valence-corrected chi connectivity index (χ4v) is 3.11. The number of benzene rings is 2. The van der Waals surface area contributed by atoms with Gasteiger partial charge >= 0.3 is 0 Å². The number of fused-ring (bicyclic) bond motifs is 1. The minimum Gasteiger partial charge on any atom is -0.317 e. The summed E-state index contributed by atoms with van der Waals surface area (Å²) in [7, 11) is 0. The molecule has 0 saturated carbocycles. The number of non-ortho nitro benzene ring substituents is 1. The van der Waals surface area contributed by atoms with Gasteiger partial charge in [0.2, 0.25) is 0 Å². The zero-order valence-corrected chi connectivity index (χ0v) is 15.1. The van der Waals surface area contributed by atoms with E-state index in [9.17, 15) is 14.9 Å². The van der Waals surface area contributed by atoms with Crippen molar-refractivity contribution in [3.8, 4) is 5.69 Å². The number of nitrogens with one attached hydrogen (secondary N) is 2. The van der Waals surface area contributed by atoms with Crippen molar-refractivity contribution < 1.29 is 9.72 Å². The third-order valence-corrected chi connectivity index (χ3v) is 4.50. The Morgan fingerprint density at radius 3 is 2.64 bits per heavy atom. The molecule has 0 saturated heterocycles. The topological polar surface area (TPSA) is 119 Å². The fourth-order valence-electron chi connectivity index (χ4n) is 3.11. The van der Waals surface area contributed by atoms with Crippen LogP contribution in [0.2, 0.25) is 0 Å². The number of aromatic amines is 1. The number of nitro benzene ring substituents is 1. The highest BCUT2D eigenvalue weighted by molar-refractivity contribution is 6.11. The van der Waals surface area contributed by atoms with Crippen LogP contribution >= 0.6 is 0 Å². The Morgan fingerprint density at radius 2 is 1.93 bits per heavy atom. The molecule has 1 amide bonds. The molecule has 0 radical (unpaired) electrons. The molecular weight excluding hydrogens is 360 g/mol. The first-order valence-electron chi connectivity index (χ1n) is 8.51. The van der Waals surface area contributed by atoms with Gasteiger partial charge in [0.15, 0.2) is 5.69 Å². The Morgan fingerprint density at radius 1 is 1.18 bits per heavy atom. The number of nitrogens with zero attached hydrogens (tertiary/aromatic N) is 4. The lowest BCUT2D eigenvalue weighted by Gasteiger charge is -2.06. The van der Waals surface area contributed by atoms with Crippen LogP contribution < -0.4 is 5.32 Å². The molecule has 0 spiro atoms. The van der Waals surface area contributed by atoms with Crippen LogP contribution in [0.5, 0.6) is 0 Å². The van der Waals surface area contributed by atoms with Gasteiger partial charge in [-0.05, 0) is 32.0 Å². The molecular formula is C19H16N6O3. The number of aryl methyl sites for hydroxylation is 1. The number of hydrogen-bond donors (Lipinski definition) is 2. The Hall–Kier alpha value is -4.01. The number of para-hydroxylation sites is 1. The zero-order valence-electron chi connectivity index (χ0n) is 15.1. The quantitative estimate of drug-likeness (QED) is 0.417. The summed E-state index contributed by atoms with van der Waals surface area (Å²) in [6, 6.07) is 13.8. The van der Waals surface area contributed by atoms with Gasteiger partial charge in [-0.15, -0.1) is 0 Å². The SMILES string of the molecule is Cc1nn(-c2ccccc2)c(C)c1NC(=O)c1n[nH]c2ccc([N+](=O)[O-])cc12. The molecule has 4 aromatic rings. The van der Waals surface area contributed by atoms with E-state index in [1.807, 2.05) is 37.3 Å². The minimum atomic E-state index is -0.508. The number of anilines is 1. The van der Waals surface area contributed by atoms with E-state index in [-0.39, 0.29) is 11.4 Å². The van der Waals surface area contributed by atoms with E-state index < -0.39 is 10.8 Å². The van der Waals surface area contributed by atoms with Gasteiger partial charge in [-0.25, -0.2) is 4.68 Å². The molecule has 9 nitrogen and oxygen atoms in total. The van der Waals surface area contributed by atoms with Crippen molar-refractivity contribution >= 4 is 28.2 Å². The average Bonchev–Trinajstić information content (AvgIpc) is 3.24. The maximum atomic E-state index is 12.8. The van der Waals surface area contributed by atoms with Crippen molar-refractivity contribution in [3.63, 3.8) is 0 Å². The highest BCUT2D eigenvalue weighted by Crippen LogP contribution is 2.26. The second-order valence-electron chi connectivity index (χ2n) is 6.31. The van der Waals surface area contributed by atoms with E-state index in [0.717, 1.165) is 11.4 Å². The van der Waals surface area contributed by atoms with Crippen LogP contribution in [0, 0.1) is 24.0 Å². The molecule has 0 bridgehead atoms. The van der Waals surface area contributed by atoms with E-state index in [0.29, 0.717) is 22.3 Å². The molecule has 0 unspecified atom stereocenters. The first-order chi connectivity index (χ1) is 13.5. The van der Waals surface area contributed by atoms with Crippen LogP contribution in [-0.4, -0.2) is 30.8 Å². The molecule has 0 fully saturated rings. The lowest BCUT2D eigenvalue weighted by atomic mass is 10.1. The molecule has 0 aliphatic rings. The van der Waals surface area contributed by atoms with Gasteiger partial charge < -0.3 is 5.32 Å². The highest BCUT2D eigenvalue weighted by atomic mass is 16.6. The highest BCUT2D eigenvalue weighted by Gasteiger charge is 2.21. The number of rotatable bonds is 4. The Labute approximate surface area is 159 Å². The molecule has 0 aliphatic carbocycles. The Balaban J connectivity index is 1.70. The molecule has 9 heteroatoms. The maximum Gasteiger partial charge on any atom is 0.276 e. The number of hydrogen-bond acceptors (Lipinski definition) is 5. The number of carbonyl (C=O) groups excluding carboxylic acids is 1. The molecule has 4 rings (SSSR count).